The number of carbonyl (C=O) groups excluding carboxylic acids is 2. The summed E-state index contributed by atoms with van der Waals surface area (Å²) >= 11 is 0. The number of hydrogen-bond donors (Lipinski definition) is 4. The van der Waals surface area contributed by atoms with Crippen LogP contribution in [0.4, 0.5) is 5.82 Å². The molecule has 0 aliphatic carbocycles. The summed E-state index contributed by atoms with van der Waals surface area (Å²) in [7, 11) is 0. The van der Waals surface area contributed by atoms with Gasteiger partial charge in [-0.05, 0) is 0 Å². The zero-order valence-electron chi connectivity index (χ0n) is 13.6. The highest BCUT2D eigenvalue weighted by atomic mass is 16.6. The molecule has 3 rings (SSSR count). The monoisotopic (exact) mass is 381 g/mol. The number of rotatable bonds is 7. The van der Waals surface area contributed by atoms with E-state index in [9.17, 15) is 35.1 Å². The summed E-state index contributed by atoms with van der Waals surface area (Å²) in [5.41, 5.74) is 0.188. The van der Waals surface area contributed by atoms with Gasteiger partial charge >= 0.3 is 0 Å². The van der Waals surface area contributed by atoms with Crippen LogP contribution in [-0.2, 0) is 14.3 Å². The van der Waals surface area contributed by atoms with Gasteiger partial charge in [-0.2, -0.15) is 0 Å². The fourth-order valence-corrected chi connectivity index (χ4v) is 2.78. The molecular formula is C14H15N5O8-2. The molecule has 5 atom stereocenters. The molecule has 0 radical (unpaired) electrons. The van der Waals surface area contributed by atoms with E-state index in [1.807, 2.05) is 0 Å². The Hall–Kier alpha value is -2.87. The third kappa shape index (κ3) is 3.52. The molecule has 3 heterocycles. The number of aliphatic hydroxyl groups is 3. The lowest BCUT2D eigenvalue weighted by Gasteiger charge is -2.20. The van der Waals surface area contributed by atoms with E-state index in [1.165, 1.54) is 10.9 Å². The molecule has 4 N–H and O–H groups in total. The van der Waals surface area contributed by atoms with Gasteiger partial charge in [-0.15, -0.1) is 0 Å². The van der Waals surface area contributed by atoms with Crippen LogP contribution in [0, 0.1) is 0 Å². The molecular weight excluding hydrogens is 366 g/mol. The average Bonchev–Trinajstić information content (AvgIpc) is 3.16. The Balaban J connectivity index is 1.93. The number of aliphatic hydroxyl groups excluding tert-OH is 3. The molecule has 2 aromatic rings. The summed E-state index contributed by atoms with van der Waals surface area (Å²) in [5, 5.41) is 53.4. The van der Waals surface area contributed by atoms with E-state index < -0.39 is 55.5 Å². The standard InChI is InChI=1S/C14H17N5O8/c20-2-6-9(23)10(24)13(27-6)19-4-17-8-11(15-3-16-12(8)19)18-5(14(25)26)1-7(21)22/h3-6,9-10,13,20,23-24H,1-2H2,(H,21,22)(H,25,26)(H,15,16,18)/p-2/t5-,6+,9+,10+,13+/m0/s1. The second kappa shape index (κ2) is 7.40. The van der Waals surface area contributed by atoms with Crippen molar-refractivity contribution >= 4 is 28.9 Å². The summed E-state index contributed by atoms with van der Waals surface area (Å²) in [6.45, 7) is -0.514. The van der Waals surface area contributed by atoms with Crippen LogP contribution in [0.25, 0.3) is 11.2 Å². The first kappa shape index (κ1) is 18.9. The van der Waals surface area contributed by atoms with Gasteiger partial charge in [0.1, 0.15) is 24.6 Å². The third-order valence-electron chi connectivity index (χ3n) is 4.12. The normalized spacial score (nSPS) is 26.2. The van der Waals surface area contributed by atoms with Gasteiger partial charge in [-0.1, -0.05) is 0 Å². The van der Waals surface area contributed by atoms with Crippen molar-refractivity contribution in [1.82, 2.24) is 19.5 Å². The molecule has 0 bridgehead atoms. The summed E-state index contributed by atoms with van der Waals surface area (Å²) < 4.78 is 6.68. The third-order valence-corrected chi connectivity index (χ3v) is 4.12. The van der Waals surface area contributed by atoms with Crippen LogP contribution in [0.1, 0.15) is 12.6 Å². The summed E-state index contributed by atoms with van der Waals surface area (Å²) in [6, 6.07) is -1.62. The first-order valence-corrected chi connectivity index (χ1v) is 7.80. The molecule has 0 aromatic carbocycles. The van der Waals surface area contributed by atoms with E-state index in [4.69, 9.17) is 4.74 Å². The lowest BCUT2D eigenvalue weighted by atomic mass is 10.1. The Bertz CT molecular complexity index is 857. The number of fused-ring (bicyclic) bond motifs is 1. The first-order valence-electron chi connectivity index (χ1n) is 7.80. The maximum Gasteiger partial charge on any atom is 0.167 e. The van der Waals surface area contributed by atoms with Gasteiger partial charge in [-0.25, -0.2) is 15.0 Å². The molecule has 146 valence electrons. The number of anilines is 1. The van der Waals surface area contributed by atoms with Crippen LogP contribution in [0.3, 0.4) is 0 Å². The molecule has 13 nitrogen and oxygen atoms in total. The van der Waals surface area contributed by atoms with Crippen LogP contribution in [0.15, 0.2) is 12.7 Å². The van der Waals surface area contributed by atoms with Gasteiger partial charge in [0.25, 0.3) is 0 Å². The van der Waals surface area contributed by atoms with Crippen molar-refractivity contribution in [3.8, 4) is 0 Å². The molecule has 0 amide bonds. The molecule has 0 unspecified atom stereocenters. The minimum Gasteiger partial charge on any atom is -0.550 e. The molecule has 1 fully saturated rings. The highest BCUT2D eigenvalue weighted by Gasteiger charge is 2.44. The second-order valence-corrected chi connectivity index (χ2v) is 5.87. The maximum atomic E-state index is 11.1. The highest BCUT2D eigenvalue weighted by molar-refractivity contribution is 5.87. The van der Waals surface area contributed by atoms with E-state index in [2.05, 4.69) is 20.3 Å². The fourth-order valence-electron chi connectivity index (χ4n) is 2.78. The second-order valence-electron chi connectivity index (χ2n) is 5.87. The summed E-state index contributed by atoms with van der Waals surface area (Å²) in [6.07, 6.45) is -3.39. The van der Waals surface area contributed by atoms with Gasteiger partial charge in [0, 0.05) is 12.4 Å². The van der Waals surface area contributed by atoms with Crippen molar-refractivity contribution in [3.63, 3.8) is 0 Å². The average molecular weight is 381 g/mol. The smallest absolute Gasteiger partial charge is 0.167 e. The van der Waals surface area contributed by atoms with Crippen molar-refractivity contribution in [2.24, 2.45) is 0 Å². The molecule has 13 heteroatoms. The van der Waals surface area contributed by atoms with Gasteiger partial charge in [0.2, 0.25) is 0 Å². The van der Waals surface area contributed by atoms with Crippen molar-refractivity contribution in [2.45, 2.75) is 37.0 Å². The molecule has 1 saturated heterocycles. The van der Waals surface area contributed by atoms with Gasteiger partial charge in [-0.3, -0.25) is 4.57 Å². The van der Waals surface area contributed by atoms with Crippen molar-refractivity contribution < 1.29 is 39.9 Å². The van der Waals surface area contributed by atoms with Crippen LogP contribution < -0.4 is 15.5 Å². The van der Waals surface area contributed by atoms with Gasteiger partial charge in [0.15, 0.2) is 23.2 Å². The number of imidazole rings is 1. The topological polar surface area (TPSA) is 206 Å². The number of nitrogens with one attached hydrogen (secondary N) is 1. The van der Waals surface area contributed by atoms with Gasteiger partial charge < -0.3 is 45.2 Å². The minimum atomic E-state index is -1.67. The number of ether oxygens (including phenoxy) is 1. The van der Waals surface area contributed by atoms with E-state index >= 15 is 0 Å². The molecule has 0 spiro atoms. The molecule has 2 aromatic heterocycles. The number of aliphatic carboxylic acids is 2. The number of carbonyl (C=O) groups is 2. The Kier molecular flexibility index (Phi) is 5.18. The van der Waals surface area contributed by atoms with E-state index in [-0.39, 0.29) is 17.0 Å². The molecule has 0 saturated carbocycles. The molecule has 1 aliphatic heterocycles. The predicted molar refractivity (Wildman–Crippen MR) is 80.4 cm³/mol. The van der Waals surface area contributed by atoms with Crippen LogP contribution in [0.5, 0.6) is 0 Å². The number of hydrogen-bond acceptors (Lipinski definition) is 12. The molecule has 27 heavy (non-hydrogen) atoms. The SMILES string of the molecule is O=C([O-])C[C@H](Nc1ncnc2c1ncn2[C@@H]1O[C@H](CO)[C@@H](O)[C@H]1O)C(=O)[O-]. The summed E-state index contributed by atoms with van der Waals surface area (Å²) in [5.74, 6) is -3.35. The lowest BCUT2D eigenvalue weighted by Crippen LogP contribution is -2.44. The zero-order chi connectivity index (χ0) is 19.7. The van der Waals surface area contributed by atoms with Crippen molar-refractivity contribution in [1.29, 1.82) is 0 Å². The summed E-state index contributed by atoms with van der Waals surface area (Å²) in [4.78, 5) is 33.7. The Morgan fingerprint density at radius 3 is 2.59 bits per heavy atom. The zero-order valence-corrected chi connectivity index (χ0v) is 13.6. The fraction of sp³-hybridized carbons (Fsp3) is 0.500. The lowest BCUT2D eigenvalue weighted by molar-refractivity contribution is -0.316. The maximum absolute atomic E-state index is 11.1. The van der Waals surface area contributed by atoms with Crippen LogP contribution >= 0.6 is 0 Å². The minimum absolute atomic E-state index is 0.0693. The largest absolute Gasteiger partial charge is 0.550 e. The Morgan fingerprint density at radius 2 is 2.00 bits per heavy atom. The number of carboxylic acids is 2. The Morgan fingerprint density at radius 1 is 1.26 bits per heavy atom. The molecule has 1 aliphatic rings. The number of aromatic nitrogens is 4. The van der Waals surface area contributed by atoms with E-state index in [0.717, 1.165) is 6.33 Å². The van der Waals surface area contributed by atoms with Crippen LogP contribution in [0.2, 0.25) is 0 Å². The predicted octanol–water partition coefficient (Wildman–Crippen LogP) is -4.89. The van der Waals surface area contributed by atoms with Gasteiger partial charge in [0.05, 0.1) is 24.9 Å². The number of nitrogens with zero attached hydrogens (tertiary/aromatic N) is 4. The van der Waals surface area contributed by atoms with E-state index in [0.29, 0.717) is 0 Å². The Labute approximate surface area is 150 Å². The van der Waals surface area contributed by atoms with Crippen molar-refractivity contribution in [2.75, 3.05) is 11.9 Å². The first-order chi connectivity index (χ1) is 12.8. The van der Waals surface area contributed by atoms with E-state index in [1.54, 1.807) is 0 Å². The highest BCUT2D eigenvalue weighted by Crippen LogP contribution is 2.32. The van der Waals surface area contributed by atoms with Crippen molar-refractivity contribution in [3.05, 3.63) is 12.7 Å². The van der Waals surface area contributed by atoms with Crippen LogP contribution in [-0.4, -0.2) is 77.7 Å². The quantitative estimate of drug-likeness (QED) is 0.356. The number of carboxylic acid groups (broad SMARTS) is 2.